The third-order valence-electron chi connectivity index (χ3n) is 1.65. The SMILES string of the molecule is CCOC(=O)/C(C)=C/C=C\[C@@H](C=O)OC. The van der Waals surface area contributed by atoms with Gasteiger partial charge in [0, 0.05) is 12.7 Å². The fraction of sp³-hybridized carbons (Fsp3) is 0.455. The van der Waals surface area contributed by atoms with Crippen LogP contribution in [0.15, 0.2) is 23.8 Å². The highest BCUT2D eigenvalue weighted by Gasteiger charge is 2.02. The zero-order valence-electron chi connectivity index (χ0n) is 9.23. The van der Waals surface area contributed by atoms with Crippen molar-refractivity contribution in [1.82, 2.24) is 0 Å². The summed E-state index contributed by atoms with van der Waals surface area (Å²) < 4.78 is 9.56. The van der Waals surface area contributed by atoms with Crippen molar-refractivity contribution in [3.05, 3.63) is 23.8 Å². The molecule has 0 amide bonds. The molecule has 15 heavy (non-hydrogen) atoms. The van der Waals surface area contributed by atoms with Crippen molar-refractivity contribution in [2.24, 2.45) is 0 Å². The smallest absolute Gasteiger partial charge is 0.333 e. The molecule has 0 aromatic carbocycles. The van der Waals surface area contributed by atoms with Gasteiger partial charge in [0.15, 0.2) is 6.29 Å². The molecule has 1 atom stereocenters. The summed E-state index contributed by atoms with van der Waals surface area (Å²) >= 11 is 0. The molecule has 0 saturated heterocycles. The summed E-state index contributed by atoms with van der Waals surface area (Å²) in [5, 5.41) is 0. The number of allylic oxidation sites excluding steroid dienone is 2. The van der Waals surface area contributed by atoms with Gasteiger partial charge in [-0.3, -0.25) is 0 Å². The van der Waals surface area contributed by atoms with E-state index in [0.717, 1.165) is 0 Å². The number of carbonyl (C=O) groups is 2. The third-order valence-corrected chi connectivity index (χ3v) is 1.65. The van der Waals surface area contributed by atoms with Gasteiger partial charge in [0.2, 0.25) is 0 Å². The first-order valence-corrected chi connectivity index (χ1v) is 4.66. The Morgan fingerprint density at radius 2 is 2.13 bits per heavy atom. The summed E-state index contributed by atoms with van der Waals surface area (Å²) in [6, 6.07) is 0. The second-order valence-electron chi connectivity index (χ2n) is 2.79. The molecule has 0 aromatic heterocycles. The summed E-state index contributed by atoms with van der Waals surface area (Å²) in [6.07, 6.45) is 4.82. The molecule has 0 rings (SSSR count). The summed E-state index contributed by atoms with van der Waals surface area (Å²) in [5.74, 6) is -0.359. The lowest BCUT2D eigenvalue weighted by Crippen LogP contribution is -2.07. The minimum atomic E-state index is -0.573. The highest BCUT2D eigenvalue weighted by Crippen LogP contribution is 1.98. The van der Waals surface area contributed by atoms with Crippen LogP contribution >= 0.6 is 0 Å². The first-order valence-electron chi connectivity index (χ1n) is 4.66. The van der Waals surface area contributed by atoms with Gasteiger partial charge in [0.1, 0.15) is 6.10 Å². The topological polar surface area (TPSA) is 52.6 Å². The lowest BCUT2D eigenvalue weighted by Gasteiger charge is -2.00. The van der Waals surface area contributed by atoms with Gasteiger partial charge in [-0.1, -0.05) is 12.2 Å². The largest absolute Gasteiger partial charge is 0.463 e. The standard InChI is InChI=1S/C11H16O4/c1-4-15-11(13)9(2)6-5-7-10(8-12)14-3/h5-8,10H,4H2,1-3H3/b7-5-,9-6+/t10-/m0/s1. The van der Waals surface area contributed by atoms with Crippen LogP contribution in [0.1, 0.15) is 13.8 Å². The second kappa shape index (κ2) is 7.94. The number of methoxy groups -OCH3 is 1. The zero-order chi connectivity index (χ0) is 11.7. The summed E-state index contributed by atoms with van der Waals surface area (Å²) in [6.45, 7) is 3.74. The molecule has 0 aliphatic rings. The maximum atomic E-state index is 11.1. The molecule has 0 fully saturated rings. The minimum absolute atomic E-state index is 0.350. The van der Waals surface area contributed by atoms with Crippen LogP contribution < -0.4 is 0 Å². The van der Waals surface area contributed by atoms with Gasteiger partial charge >= 0.3 is 5.97 Å². The summed E-state index contributed by atoms with van der Waals surface area (Å²) in [4.78, 5) is 21.5. The Labute approximate surface area is 89.6 Å². The van der Waals surface area contributed by atoms with Gasteiger partial charge in [0.25, 0.3) is 0 Å². The predicted molar refractivity (Wildman–Crippen MR) is 56.4 cm³/mol. The highest BCUT2D eigenvalue weighted by molar-refractivity contribution is 5.88. The number of hydrogen-bond donors (Lipinski definition) is 0. The fourth-order valence-corrected chi connectivity index (χ4v) is 0.802. The molecule has 0 bridgehead atoms. The van der Waals surface area contributed by atoms with Crippen LogP contribution in [-0.2, 0) is 19.1 Å². The van der Waals surface area contributed by atoms with Crippen molar-refractivity contribution in [2.45, 2.75) is 20.0 Å². The van der Waals surface area contributed by atoms with Crippen LogP contribution in [0.4, 0.5) is 0 Å². The number of rotatable bonds is 6. The van der Waals surface area contributed by atoms with E-state index in [-0.39, 0.29) is 5.97 Å². The number of aldehydes is 1. The van der Waals surface area contributed by atoms with Gasteiger partial charge < -0.3 is 14.3 Å². The molecule has 0 aromatic rings. The average molecular weight is 212 g/mol. The fourth-order valence-electron chi connectivity index (χ4n) is 0.802. The van der Waals surface area contributed by atoms with Crippen LogP contribution in [0.3, 0.4) is 0 Å². The quantitative estimate of drug-likeness (QED) is 0.288. The minimum Gasteiger partial charge on any atom is -0.463 e. The van der Waals surface area contributed by atoms with Crippen molar-refractivity contribution in [1.29, 1.82) is 0 Å². The van der Waals surface area contributed by atoms with Gasteiger partial charge in [-0.15, -0.1) is 0 Å². The Balaban J connectivity index is 4.25. The van der Waals surface area contributed by atoms with E-state index in [0.29, 0.717) is 18.5 Å². The molecule has 0 aliphatic carbocycles. The highest BCUT2D eigenvalue weighted by atomic mass is 16.5. The first kappa shape index (κ1) is 13.6. The van der Waals surface area contributed by atoms with Crippen LogP contribution in [-0.4, -0.2) is 32.1 Å². The molecule has 0 heterocycles. The van der Waals surface area contributed by atoms with Gasteiger partial charge in [-0.25, -0.2) is 4.79 Å². The zero-order valence-corrected chi connectivity index (χ0v) is 9.23. The van der Waals surface area contributed by atoms with E-state index in [2.05, 4.69) is 0 Å². The van der Waals surface area contributed by atoms with Gasteiger partial charge in [-0.05, 0) is 19.9 Å². The van der Waals surface area contributed by atoms with Crippen LogP contribution in [0.25, 0.3) is 0 Å². The first-order chi connectivity index (χ1) is 7.15. The summed E-state index contributed by atoms with van der Waals surface area (Å²) in [5.41, 5.74) is 0.480. The van der Waals surface area contributed by atoms with E-state index in [9.17, 15) is 9.59 Å². The second-order valence-corrected chi connectivity index (χ2v) is 2.79. The lowest BCUT2D eigenvalue weighted by atomic mass is 10.2. The monoisotopic (exact) mass is 212 g/mol. The molecule has 0 spiro atoms. The van der Waals surface area contributed by atoms with Crippen molar-refractivity contribution in [3.63, 3.8) is 0 Å². The van der Waals surface area contributed by atoms with Crippen LogP contribution in [0.2, 0.25) is 0 Å². The maximum Gasteiger partial charge on any atom is 0.333 e. The molecular weight excluding hydrogens is 196 g/mol. The maximum absolute atomic E-state index is 11.1. The van der Waals surface area contributed by atoms with E-state index in [1.807, 2.05) is 0 Å². The number of esters is 1. The predicted octanol–water partition coefficient (Wildman–Crippen LogP) is 1.27. The average Bonchev–Trinajstić information content (AvgIpc) is 2.24. The Kier molecular flexibility index (Phi) is 7.18. The molecule has 0 radical (unpaired) electrons. The van der Waals surface area contributed by atoms with Crippen LogP contribution in [0, 0.1) is 0 Å². The van der Waals surface area contributed by atoms with E-state index >= 15 is 0 Å². The Hall–Kier alpha value is -1.42. The van der Waals surface area contributed by atoms with Gasteiger partial charge in [-0.2, -0.15) is 0 Å². The number of carbonyl (C=O) groups excluding carboxylic acids is 2. The van der Waals surface area contributed by atoms with Crippen LogP contribution in [0.5, 0.6) is 0 Å². The van der Waals surface area contributed by atoms with Crippen molar-refractivity contribution < 1.29 is 19.1 Å². The van der Waals surface area contributed by atoms with E-state index in [1.54, 1.807) is 32.1 Å². The number of hydrogen-bond acceptors (Lipinski definition) is 4. The van der Waals surface area contributed by atoms with Crippen molar-refractivity contribution >= 4 is 12.3 Å². The molecule has 0 N–H and O–H groups in total. The Morgan fingerprint density at radius 1 is 1.47 bits per heavy atom. The third kappa shape index (κ3) is 5.80. The molecule has 4 heteroatoms. The van der Waals surface area contributed by atoms with Crippen molar-refractivity contribution in [3.8, 4) is 0 Å². The van der Waals surface area contributed by atoms with E-state index in [1.165, 1.54) is 7.11 Å². The van der Waals surface area contributed by atoms with E-state index in [4.69, 9.17) is 9.47 Å². The molecule has 4 nitrogen and oxygen atoms in total. The molecular formula is C11H16O4. The van der Waals surface area contributed by atoms with Gasteiger partial charge in [0.05, 0.1) is 6.61 Å². The van der Waals surface area contributed by atoms with E-state index < -0.39 is 6.10 Å². The Bertz CT molecular complexity index is 266. The lowest BCUT2D eigenvalue weighted by molar-refractivity contribution is -0.138. The molecule has 0 saturated carbocycles. The normalized spacial score (nSPS) is 13.9. The summed E-state index contributed by atoms with van der Waals surface area (Å²) in [7, 11) is 1.44. The Morgan fingerprint density at radius 3 is 2.60 bits per heavy atom. The molecule has 84 valence electrons. The number of ether oxygens (including phenoxy) is 2. The molecule has 0 aliphatic heterocycles. The molecule has 0 unspecified atom stereocenters. The van der Waals surface area contributed by atoms with Crippen molar-refractivity contribution in [2.75, 3.05) is 13.7 Å².